The molecule has 1 aliphatic rings. The SMILES string of the molecule is Cc1nc(-c2cccs2)sc1C(=O)N1CCCNC(=O)C1. The van der Waals surface area contributed by atoms with Gasteiger partial charge in [-0.25, -0.2) is 4.98 Å². The van der Waals surface area contributed by atoms with Crippen LogP contribution < -0.4 is 5.32 Å². The van der Waals surface area contributed by atoms with Crippen LogP contribution in [0.25, 0.3) is 9.88 Å². The fourth-order valence-electron chi connectivity index (χ4n) is 2.22. The lowest BCUT2D eigenvalue weighted by Crippen LogP contribution is -2.37. The first-order valence-corrected chi connectivity index (χ1v) is 8.42. The third-order valence-corrected chi connectivity index (χ3v) is 5.46. The van der Waals surface area contributed by atoms with Crippen LogP contribution in [0.15, 0.2) is 17.5 Å². The predicted octanol–water partition coefficient (Wildman–Crippen LogP) is 2.14. The maximum atomic E-state index is 12.6. The molecule has 0 unspecified atom stereocenters. The summed E-state index contributed by atoms with van der Waals surface area (Å²) in [4.78, 5) is 32.0. The number of amides is 2. The quantitative estimate of drug-likeness (QED) is 0.922. The molecule has 0 atom stereocenters. The van der Waals surface area contributed by atoms with Gasteiger partial charge in [-0.05, 0) is 24.8 Å². The van der Waals surface area contributed by atoms with Gasteiger partial charge in [0.2, 0.25) is 5.91 Å². The van der Waals surface area contributed by atoms with E-state index in [1.165, 1.54) is 11.3 Å². The van der Waals surface area contributed by atoms with Crippen molar-refractivity contribution in [2.75, 3.05) is 19.6 Å². The molecule has 0 bridgehead atoms. The Morgan fingerprint density at radius 2 is 2.33 bits per heavy atom. The van der Waals surface area contributed by atoms with Gasteiger partial charge in [-0.3, -0.25) is 9.59 Å². The molecule has 0 spiro atoms. The smallest absolute Gasteiger partial charge is 0.266 e. The van der Waals surface area contributed by atoms with Crippen molar-refractivity contribution in [3.05, 3.63) is 28.1 Å². The van der Waals surface area contributed by atoms with Gasteiger partial charge in [0.05, 0.1) is 17.1 Å². The first-order chi connectivity index (χ1) is 10.1. The molecule has 0 radical (unpaired) electrons. The van der Waals surface area contributed by atoms with Crippen LogP contribution >= 0.6 is 22.7 Å². The Morgan fingerprint density at radius 1 is 1.48 bits per heavy atom. The van der Waals surface area contributed by atoms with Crippen LogP contribution in [0.3, 0.4) is 0 Å². The average Bonchev–Trinajstić information content (AvgIpc) is 3.05. The van der Waals surface area contributed by atoms with Crippen LogP contribution in [0.4, 0.5) is 0 Å². The zero-order chi connectivity index (χ0) is 14.8. The molecule has 110 valence electrons. The van der Waals surface area contributed by atoms with Crippen molar-refractivity contribution in [1.82, 2.24) is 15.2 Å². The summed E-state index contributed by atoms with van der Waals surface area (Å²) in [5.41, 5.74) is 0.734. The molecule has 1 fully saturated rings. The number of carbonyl (C=O) groups excluding carboxylic acids is 2. The highest BCUT2D eigenvalue weighted by atomic mass is 32.1. The maximum absolute atomic E-state index is 12.6. The Kier molecular flexibility index (Phi) is 4.03. The molecule has 0 saturated carbocycles. The second-order valence-corrected chi connectivity index (χ2v) is 6.79. The van der Waals surface area contributed by atoms with Crippen LogP contribution in [0.5, 0.6) is 0 Å². The van der Waals surface area contributed by atoms with Crippen LogP contribution in [0, 0.1) is 6.92 Å². The summed E-state index contributed by atoms with van der Waals surface area (Å²) in [6.07, 6.45) is 0.785. The molecule has 21 heavy (non-hydrogen) atoms. The lowest BCUT2D eigenvalue weighted by molar-refractivity contribution is -0.121. The Labute approximate surface area is 130 Å². The number of aromatic nitrogens is 1. The number of thiazole rings is 1. The zero-order valence-electron chi connectivity index (χ0n) is 11.6. The van der Waals surface area contributed by atoms with E-state index in [4.69, 9.17) is 0 Å². The number of hydrogen-bond acceptors (Lipinski definition) is 5. The highest BCUT2D eigenvalue weighted by molar-refractivity contribution is 7.22. The minimum absolute atomic E-state index is 0.0927. The van der Waals surface area contributed by atoms with Crippen molar-refractivity contribution in [2.24, 2.45) is 0 Å². The molecule has 1 saturated heterocycles. The topological polar surface area (TPSA) is 62.3 Å². The Hall–Kier alpha value is -1.73. The van der Waals surface area contributed by atoms with Gasteiger partial charge < -0.3 is 10.2 Å². The molecular weight excluding hydrogens is 306 g/mol. The van der Waals surface area contributed by atoms with Crippen molar-refractivity contribution in [2.45, 2.75) is 13.3 Å². The number of aryl methyl sites for hydroxylation is 1. The third-order valence-electron chi connectivity index (χ3n) is 3.27. The van der Waals surface area contributed by atoms with Gasteiger partial charge >= 0.3 is 0 Å². The van der Waals surface area contributed by atoms with E-state index >= 15 is 0 Å². The van der Waals surface area contributed by atoms with Gasteiger partial charge in [0.15, 0.2) is 0 Å². The van der Waals surface area contributed by atoms with Crippen molar-refractivity contribution >= 4 is 34.5 Å². The highest BCUT2D eigenvalue weighted by Gasteiger charge is 2.25. The number of hydrogen-bond donors (Lipinski definition) is 1. The average molecular weight is 321 g/mol. The normalized spacial score (nSPS) is 15.7. The van der Waals surface area contributed by atoms with E-state index in [-0.39, 0.29) is 18.4 Å². The largest absolute Gasteiger partial charge is 0.354 e. The Balaban J connectivity index is 1.86. The molecule has 2 aromatic heterocycles. The molecule has 1 aliphatic heterocycles. The van der Waals surface area contributed by atoms with Crippen LogP contribution in [0.2, 0.25) is 0 Å². The van der Waals surface area contributed by atoms with Gasteiger partial charge in [-0.1, -0.05) is 6.07 Å². The van der Waals surface area contributed by atoms with Gasteiger partial charge in [0, 0.05) is 13.1 Å². The molecule has 3 heterocycles. The molecule has 0 aromatic carbocycles. The third kappa shape index (κ3) is 2.98. The Bertz CT molecular complexity index is 664. The monoisotopic (exact) mass is 321 g/mol. The first-order valence-electron chi connectivity index (χ1n) is 6.72. The number of nitrogens with zero attached hydrogens (tertiary/aromatic N) is 2. The lowest BCUT2D eigenvalue weighted by atomic mass is 10.3. The van der Waals surface area contributed by atoms with Crippen molar-refractivity contribution in [3.63, 3.8) is 0 Å². The van der Waals surface area contributed by atoms with Crippen LogP contribution in [-0.4, -0.2) is 41.3 Å². The summed E-state index contributed by atoms with van der Waals surface area (Å²) >= 11 is 3.01. The van der Waals surface area contributed by atoms with Crippen molar-refractivity contribution in [1.29, 1.82) is 0 Å². The number of carbonyl (C=O) groups is 2. The second-order valence-electron chi connectivity index (χ2n) is 4.84. The summed E-state index contributed by atoms with van der Waals surface area (Å²) in [5, 5.41) is 5.64. The van der Waals surface area contributed by atoms with E-state index < -0.39 is 0 Å². The minimum atomic E-state index is -0.0958. The van der Waals surface area contributed by atoms with E-state index in [1.54, 1.807) is 16.2 Å². The lowest BCUT2D eigenvalue weighted by Gasteiger charge is -2.18. The molecule has 7 heteroatoms. The summed E-state index contributed by atoms with van der Waals surface area (Å²) in [5.74, 6) is -0.189. The fraction of sp³-hybridized carbons (Fsp3) is 0.357. The van der Waals surface area contributed by atoms with Gasteiger partial charge in [-0.15, -0.1) is 22.7 Å². The maximum Gasteiger partial charge on any atom is 0.266 e. The second kappa shape index (κ2) is 5.95. The van der Waals surface area contributed by atoms with E-state index in [1.807, 2.05) is 24.4 Å². The van der Waals surface area contributed by atoms with Gasteiger partial charge in [-0.2, -0.15) is 0 Å². The summed E-state index contributed by atoms with van der Waals surface area (Å²) in [7, 11) is 0. The molecule has 5 nitrogen and oxygen atoms in total. The fourth-order valence-corrected chi connectivity index (χ4v) is 4.05. The summed E-state index contributed by atoms with van der Waals surface area (Å²) in [6.45, 7) is 3.21. The van der Waals surface area contributed by atoms with Gasteiger partial charge in [0.1, 0.15) is 9.88 Å². The minimum Gasteiger partial charge on any atom is -0.354 e. The summed E-state index contributed by atoms with van der Waals surface area (Å²) in [6, 6.07) is 3.97. The zero-order valence-corrected chi connectivity index (χ0v) is 13.2. The van der Waals surface area contributed by atoms with Crippen LogP contribution in [0.1, 0.15) is 21.8 Å². The van der Waals surface area contributed by atoms with E-state index in [0.29, 0.717) is 18.0 Å². The van der Waals surface area contributed by atoms with E-state index in [2.05, 4.69) is 10.3 Å². The highest BCUT2D eigenvalue weighted by Crippen LogP contribution is 2.31. The van der Waals surface area contributed by atoms with Crippen molar-refractivity contribution in [3.8, 4) is 9.88 Å². The van der Waals surface area contributed by atoms with Crippen LogP contribution in [-0.2, 0) is 4.79 Å². The molecule has 2 aromatic rings. The predicted molar refractivity (Wildman–Crippen MR) is 83.7 cm³/mol. The van der Waals surface area contributed by atoms with Crippen molar-refractivity contribution < 1.29 is 9.59 Å². The van der Waals surface area contributed by atoms with E-state index in [0.717, 1.165) is 22.0 Å². The number of nitrogens with one attached hydrogen (secondary N) is 1. The first kappa shape index (κ1) is 14.2. The molecule has 2 amide bonds. The number of thiophene rings is 1. The molecule has 1 N–H and O–H groups in total. The number of rotatable bonds is 2. The standard InChI is InChI=1S/C14H15N3O2S2/c1-9-12(21-13(16-9)10-4-2-7-20-10)14(19)17-6-3-5-15-11(18)8-17/h2,4,7H,3,5-6,8H2,1H3,(H,15,18). The van der Waals surface area contributed by atoms with E-state index in [9.17, 15) is 9.59 Å². The molecule has 0 aliphatic carbocycles. The molecular formula is C14H15N3O2S2. The Morgan fingerprint density at radius 3 is 3.10 bits per heavy atom. The summed E-state index contributed by atoms with van der Waals surface area (Å²) < 4.78 is 0. The molecule has 3 rings (SSSR count). The van der Waals surface area contributed by atoms with Gasteiger partial charge in [0.25, 0.3) is 5.91 Å².